The zero-order chi connectivity index (χ0) is 20.3. The van der Waals surface area contributed by atoms with Crippen LogP contribution in [-0.2, 0) is 4.79 Å². The number of aryl methyl sites for hydroxylation is 1. The maximum Gasteiger partial charge on any atom is 0.263 e. The van der Waals surface area contributed by atoms with E-state index in [-0.39, 0.29) is 11.9 Å². The Morgan fingerprint density at radius 1 is 1.21 bits per heavy atom. The molecule has 4 fully saturated rings. The summed E-state index contributed by atoms with van der Waals surface area (Å²) >= 11 is 6.04. The van der Waals surface area contributed by atoms with Gasteiger partial charge in [-0.3, -0.25) is 4.79 Å². The molecule has 28 heavy (non-hydrogen) atoms. The number of nitrogens with zero attached hydrogens (tertiary/aromatic N) is 1. The molecule has 0 aromatic heterocycles. The Balaban J connectivity index is 1.46. The van der Waals surface area contributed by atoms with Crippen LogP contribution in [0.3, 0.4) is 0 Å². The Hall–Kier alpha value is -1.26. The summed E-state index contributed by atoms with van der Waals surface area (Å²) < 4.78 is 6.12. The molecule has 1 unspecified atom stereocenters. The van der Waals surface area contributed by atoms with Gasteiger partial charge in [-0.1, -0.05) is 11.6 Å². The molecule has 5 rings (SSSR count). The number of ether oxygens (including phenoxy) is 1. The average molecular weight is 405 g/mol. The van der Waals surface area contributed by atoms with E-state index in [1.165, 1.54) is 32.1 Å². The largest absolute Gasteiger partial charge is 0.478 e. The second-order valence-corrected chi connectivity index (χ2v) is 10.5. The van der Waals surface area contributed by atoms with Gasteiger partial charge in [0, 0.05) is 16.6 Å². The number of carbonyl (C=O) groups is 1. The molecule has 5 heteroatoms. The Morgan fingerprint density at radius 2 is 1.86 bits per heavy atom. The number of nitrogens with one attached hydrogen (secondary N) is 1. The molecule has 1 aromatic carbocycles. The maximum absolute atomic E-state index is 13.2. The summed E-state index contributed by atoms with van der Waals surface area (Å²) in [6, 6.07) is 5.79. The van der Waals surface area contributed by atoms with E-state index in [0.717, 1.165) is 11.5 Å². The Bertz CT molecular complexity index is 760. The van der Waals surface area contributed by atoms with Crippen molar-refractivity contribution in [2.75, 3.05) is 14.1 Å². The van der Waals surface area contributed by atoms with Gasteiger partial charge in [0.1, 0.15) is 5.75 Å². The van der Waals surface area contributed by atoms with Gasteiger partial charge in [-0.15, -0.1) is 0 Å². The number of hydrogen-bond donors (Lipinski definition) is 1. The first-order valence-electron chi connectivity index (χ1n) is 10.5. The highest BCUT2D eigenvalue weighted by molar-refractivity contribution is 6.30. The predicted octanol–water partition coefficient (Wildman–Crippen LogP) is 4.43. The van der Waals surface area contributed by atoms with Gasteiger partial charge in [0.05, 0.1) is 0 Å². The molecule has 4 bridgehead atoms. The van der Waals surface area contributed by atoms with E-state index in [9.17, 15) is 4.79 Å². The van der Waals surface area contributed by atoms with Crippen LogP contribution in [0.5, 0.6) is 5.75 Å². The van der Waals surface area contributed by atoms with Crippen molar-refractivity contribution in [1.29, 1.82) is 0 Å². The monoisotopic (exact) mass is 404 g/mol. The normalized spacial score (nSPS) is 34.0. The number of hydrogen-bond acceptors (Lipinski definition) is 3. The zero-order valence-electron chi connectivity index (χ0n) is 17.7. The Kier molecular flexibility index (Phi) is 4.95. The summed E-state index contributed by atoms with van der Waals surface area (Å²) in [6.07, 6.45) is 6.26. The average Bonchev–Trinajstić information content (AvgIpc) is 2.59. The molecule has 1 amide bonds. The van der Waals surface area contributed by atoms with Gasteiger partial charge in [0.2, 0.25) is 0 Å². The van der Waals surface area contributed by atoms with E-state index in [2.05, 4.69) is 24.3 Å². The highest BCUT2D eigenvalue weighted by Crippen LogP contribution is 2.57. The molecule has 5 atom stereocenters. The van der Waals surface area contributed by atoms with Gasteiger partial charge >= 0.3 is 0 Å². The van der Waals surface area contributed by atoms with Crippen LogP contribution in [0.15, 0.2) is 18.2 Å². The molecule has 0 aliphatic heterocycles. The minimum Gasteiger partial charge on any atom is -0.478 e. The van der Waals surface area contributed by atoms with Crippen molar-refractivity contribution < 1.29 is 9.53 Å². The van der Waals surface area contributed by atoms with Gasteiger partial charge in [-0.2, -0.15) is 0 Å². The molecule has 0 heterocycles. The molecule has 0 saturated heterocycles. The second-order valence-electron chi connectivity index (χ2n) is 10.1. The third kappa shape index (κ3) is 3.43. The lowest BCUT2D eigenvalue weighted by Crippen LogP contribution is -2.66. The Labute approximate surface area is 174 Å². The minimum atomic E-state index is -0.924. The molecular weight excluding hydrogens is 372 g/mol. The van der Waals surface area contributed by atoms with Crippen molar-refractivity contribution in [3.8, 4) is 5.75 Å². The van der Waals surface area contributed by atoms with E-state index in [0.29, 0.717) is 28.1 Å². The quantitative estimate of drug-likeness (QED) is 0.789. The molecular formula is C23H33ClN2O2. The summed E-state index contributed by atoms with van der Waals surface area (Å²) in [5.74, 6) is 2.70. The second kappa shape index (κ2) is 6.91. The summed E-state index contributed by atoms with van der Waals surface area (Å²) in [5, 5.41) is 4.08. The number of rotatable bonds is 5. The van der Waals surface area contributed by atoms with Crippen molar-refractivity contribution >= 4 is 17.5 Å². The summed E-state index contributed by atoms with van der Waals surface area (Å²) in [4.78, 5) is 15.6. The molecule has 1 aromatic rings. The summed E-state index contributed by atoms with van der Waals surface area (Å²) in [7, 11) is 4.46. The molecule has 4 nitrogen and oxygen atoms in total. The molecule has 4 aliphatic carbocycles. The van der Waals surface area contributed by atoms with Crippen LogP contribution in [0.25, 0.3) is 0 Å². The van der Waals surface area contributed by atoms with Crippen molar-refractivity contribution in [2.24, 2.45) is 17.8 Å². The highest BCUT2D eigenvalue weighted by Gasteiger charge is 2.56. The molecule has 0 spiro atoms. The van der Waals surface area contributed by atoms with Gasteiger partial charge in [0.15, 0.2) is 5.60 Å². The number of benzene rings is 1. The smallest absolute Gasteiger partial charge is 0.263 e. The third-order valence-electron chi connectivity index (χ3n) is 7.54. The minimum absolute atomic E-state index is 0.0155. The summed E-state index contributed by atoms with van der Waals surface area (Å²) in [6.45, 7) is 5.66. The first-order chi connectivity index (χ1) is 13.1. The van der Waals surface area contributed by atoms with Gasteiger partial charge in [-0.25, -0.2) is 0 Å². The van der Waals surface area contributed by atoms with Crippen molar-refractivity contribution in [2.45, 2.75) is 70.1 Å². The van der Waals surface area contributed by atoms with Crippen LogP contribution in [0.1, 0.15) is 51.5 Å². The van der Waals surface area contributed by atoms with Crippen molar-refractivity contribution in [3.63, 3.8) is 0 Å². The lowest BCUT2D eigenvalue weighted by atomic mass is 9.50. The van der Waals surface area contributed by atoms with E-state index in [4.69, 9.17) is 16.3 Å². The fourth-order valence-corrected chi connectivity index (χ4v) is 6.37. The SMILES string of the molecule is Cc1cc(Cl)ccc1OC(C)(C)C(=O)N[C@H]1[C@@H]2CC3C[C@H]1C[C@](N(C)C)(C3)C2. The van der Waals surface area contributed by atoms with Crippen molar-refractivity contribution in [3.05, 3.63) is 28.8 Å². The topological polar surface area (TPSA) is 41.6 Å². The molecule has 4 aliphatic rings. The van der Waals surface area contributed by atoms with Crippen LogP contribution in [0.4, 0.5) is 0 Å². The van der Waals surface area contributed by atoms with E-state index in [1.54, 1.807) is 6.07 Å². The molecule has 154 valence electrons. The standard InChI is InChI=1S/C23H33ClN2O2/c1-14-8-18(24)6-7-19(14)28-22(2,3)21(27)25-20-16-9-15-10-17(20)13-23(11-15,12-16)26(4)5/h6-8,15-17,20H,9-13H2,1-5H3,(H,25,27)/t15?,16-,17+,20+,23+. The molecule has 4 saturated carbocycles. The first kappa shape index (κ1) is 20.0. The van der Waals surface area contributed by atoms with Crippen LogP contribution in [0, 0.1) is 24.7 Å². The van der Waals surface area contributed by atoms with Crippen LogP contribution >= 0.6 is 11.6 Å². The van der Waals surface area contributed by atoms with Crippen LogP contribution in [0.2, 0.25) is 5.02 Å². The highest BCUT2D eigenvalue weighted by atomic mass is 35.5. The predicted molar refractivity (Wildman–Crippen MR) is 113 cm³/mol. The van der Waals surface area contributed by atoms with Crippen molar-refractivity contribution in [1.82, 2.24) is 10.2 Å². The van der Waals surface area contributed by atoms with Crippen LogP contribution in [-0.4, -0.2) is 42.1 Å². The molecule has 1 N–H and O–H groups in total. The number of halogens is 1. The van der Waals surface area contributed by atoms with Gasteiger partial charge < -0.3 is 15.0 Å². The van der Waals surface area contributed by atoms with E-state index in [1.807, 2.05) is 32.9 Å². The fourth-order valence-electron chi connectivity index (χ4n) is 6.14. The van der Waals surface area contributed by atoms with E-state index >= 15 is 0 Å². The lowest BCUT2D eigenvalue weighted by molar-refractivity contribution is -0.141. The van der Waals surface area contributed by atoms with Gasteiger partial charge in [0.25, 0.3) is 5.91 Å². The van der Waals surface area contributed by atoms with E-state index < -0.39 is 5.60 Å². The first-order valence-corrected chi connectivity index (χ1v) is 10.9. The Morgan fingerprint density at radius 3 is 2.43 bits per heavy atom. The summed E-state index contributed by atoms with van der Waals surface area (Å²) in [5.41, 5.74) is 0.368. The number of amides is 1. The van der Waals surface area contributed by atoms with Crippen LogP contribution < -0.4 is 10.1 Å². The molecule has 0 radical (unpaired) electrons. The maximum atomic E-state index is 13.2. The lowest BCUT2D eigenvalue weighted by Gasteiger charge is -2.62. The fraction of sp³-hybridized carbons (Fsp3) is 0.696. The number of carbonyl (C=O) groups excluding carboxylic acids is 1. The van der Waals surface area contributed by atoms with Gasteiger partial charge in [-0.05, 0) is 108 Å². The third-order valence-corrected chi connectivity index (χ3v) is 7.77. The zero-order valence-corrected chi connectivity index (χ0v) is 18.5.